The zero-order valence-electron chi connectivity index (χ0n) is 20.6. The van der Waals surface area contributed by atoms with E-state index in [1.165, 1.54) is 6.92 Å². The molecule has 0 saturated carbocycles. The first-order valence-electron chi connectivity index (χ1n) is 12.0. The lowest BCUT2D eigenvalue weighted by Crippen LogP contribution is -2.38. The molecule has 0 aromatic heterocycles. The molecule has 0 N–H and O–H groups in total. The van der Waals surface area contributed by atoms with E-state index in [0.717, 1.165) is 41.3 Å². The Morgan fingerprint density at radius 2 is 1.72 bits per heavy atom. The molecule has 186 valence electrons. The van der Waals surface area contributed by atoms with Crippen molar-refractivity contribution in [2.45, 2.75) is 20.0 Å². The van der Waals surface area contributed by atoms with E-state index >= 15 is 0 Å². The van der Waals surface area contributed by atoms with E-state index < -0.39 is 6.17 Å². The number of ketones is 1. The molecule has 36 heavy (non-hydrogen) atoms. The number of nitrogens with zero attached hydrogens (tertiary/aromatic N) is 4. The summed E-state index contributed by atoms with van der Waals surface area (Å²) in [5.41, 5.74) is 4.62. The molecule has 0 aliphatic carbocycles. The third-order valence-corrected chi connectivity index (χ3v) is 6.80. The second-order valence-electron chi connectivity index (χ2n) is 8.88. The summed E-state index contributed by atoms with van der Waals surface area (Å²) in [4.78, 5) is 17.1. The Bertz CT molecular complexity index is 1290. The summed E-state index contributed by atoms with van der Waals surface area (Å²) in [5.74, 6) is 0.903. The Hall–Kier alpha value is -3.55. The molecule has 8 heteroatoms. The first-order chi connectivity index (χ1) is 17.5. The Morgan fingerprint density at radius 3 is 2.39 bits per heavy atom. The van der Waals surface area contributed by atoms with Crippen LogP contribution in [0.15, 0.2) is 71.8 Å². The number of Topliss-reactive ketones (excluding diaryl/α,β-unsaturated/α-hetero) is 1. The number of hydrogen-bond acceptors (Lipinski definition) is 7. The number of benzene rings is 3. The number of ether oxygens (including phenoxy) is 2. The normalized spacial score (nSPS) is 17.8. The smallest absolute Gasteiger partial charge is 0.198 e. The maximum absolute atomic E-state index is 12.9. The van der Waals surface area contributed by atoms with Crippen LogP contribution in [0.2, 0.25) is 5.02 Å². The van der Waals surface area contributed by atoms with Gasteiger partial charge in [0.1, 0.15) is 5.75 Å². The molecule has 2 aliphatic heterocycles. The third kappa shape index (κ3) is 4.52. The number of hydrogen-bond donors (Lipinski definition) is 0. The van der Waals surface area contributed by atoms with Crippen molar-refractivity contribution in [2.75, 3.05) is 48.2 Å². The van der Waals surface area contributed by atoms with Crippen LogP contribution in [0.5, 0.6) is 5.75 Å². The van der Waals surface area contributed by atoms with E-state index in [-0.39, 0.29) is 5.78 Å². The van der Waals surface area contributed by atoms with Gasteiger partial charge in [-0.2, -0.15) is 0 Å². The Morgan fingerprint density at radius 1 is 1.03 bits per heavy atom. The van der Waals surface area contributed by atoms with Crippen molar-refractivity contribution in [3.8, 4) is 5.75 Å². The molecule has 0 amide bonds. The van der Waals surface area contributed by atoms with Gasteiger partial charge in [0.2, 0.25) is 0 Å². The summed E-state index contributed by atoms with van der Waals surface area (Å²) in [5, 5.41) is 7.31. The zero-order valence-corrected chi connectivity index (χ0v) is 21.4. The predicted octanol–water partition coefficient (Wildman–Crippen LogP) is 5.42. The van der Waals surface area contributed by atoms with Crippen LogP contribution in [-0.4, -0.2) is 45.0 Å². The number of carbonyl (C=O) groups excluding carboxylic acids is 1. The van der Waals surface area contributed by atoms with Crippen LogP contribution in [0.4, 0.5) is 17.1 Å². The van der Waals surface area contributed by atoms with Crippen molar-refractivity contribution in [2.24, 2.45) is 5.10 Å². The molecule has 0 spiro atoms. The van der Waals surface area contributed by atoms with Gasteiger partial charge in [0.25, 0.3) is 0 Å². The number of halogens is 1. The average molecular weight is 505 g/mol. The summed E-state index contributed by atoms with van der Waals surface area (Å²) in [6, 6.07) is 21.8. The number of amidine groups is 1. The van der Waals surface area contributed by atoms with Crippen molar-refractivity contribution >= 4 is 40.3 Å². The predicted molar refractivity (Wildman–Crippen MR) is 144 cm³/mol. The lowest BCUT2D eigenvalue weighted by Gasteiger charge is -2.34. The molecule has 2 heterocycles. The van der Waals surface area contributed by atoms with Crippen LogP contribution < -0.4 is 19.5 Å². The Labute approximate surface area is 216 Å². The molecule has 5 rings (SSSR count). The topological polar surface area (TPSA) is 57.6 Å². The molecular formula is C28H29ClN4O3. The number of para-hydroxylation sites is 1. The monoisotopic (exact) mass is 504 g/mol. The van der Waals surface area contributed by atoms with Gasteiger partial charge < -0.3 is 14.4 Å². The minimum absolute atomic E-state index is 0.141. The first kappa shape index (κ1) is 24.2. The molecule has 0 bridgehead atoms. The first-order valence-corrected chi connectivity index (χ1v) is 12.4. The summed E-state index contributed by atoms with van der Waals surface area (Å²) in [6.07, 6.45) is -0.451. The number of morpholine rings is 1. The minimum Gasteiger partial charge on any atom is -0.496 e. The van der Waals surface area contributed by atoms with E-state index in [1.54, 1.807) is 7.11 Å². The number of carbonyl (C=O) groups is 1. The number of hydrazone groups is 1. The third-order valence-electron chi connectivity index (χ3n) is 6.50. The summed E-state index contributed by atoms with van der Waals surface area (Å²) in [7, 11) is 1.65. The van der Waals surface area contributed by atoms with E-state index in [0.29, 0.717) is 29.8 Å². The molecule has 1 saturated heterocycles. The van der Waals surface area contributed by atoms with Crippen LogP contribution >= 0.6 is 11.6 Å². The highest BCUT2D eigenvalue weighted by molar-refractivity contribution is 6.44. The molecule has 0 unspecified atom stereocenters. The number of aryl methyl sites for hydroxylation is 1. The standard InChI is InChI=1S/C28H29ClN4O3/c1-19-8-10-21(11-9-19)33-28(23-6-4-5-7-26(23)35-3)32(27(30-33)20(2)34)22-12-13-25(24(29)18-22)31-14-16-36-17-15-31/h4-13,18,28H,14-17H2,1-3H3/t28-/m1/s1. The SMILES string of the molecule is COc1ccccc1[C@H]1N(c2ccc(C)cc2)N=C(C(C)=O)N1c1ccc(N2CCOCC2)c(Cl)c1. The average Bonchev–Trinajstić information content (AvgIpc) is 3.30. The highest BCUT2D eigenvalue weighted by Crippen LogP contribution is 2.43. The molecule has 1 atom stereocenters. The minimum atomic E-state index is -0.451. The fourth-order valence-corrected chi connectivity index (χ4v) is 4.98. The van der Waals surface area contributed by atoms with Crippen molar-refractivity contribution < 1.29 is 14.3 Å². The van der Waals surface area contributed by atoms with Gasteiger partial charge in [-0.1, -0.05) is 47.5 Å². The van der Waals surface area contributed by atoms with Gasteiger partial charge in [-0.15, -0.1) is 5.10 Å². The van der Waals surface area contributed by atoms with Crippen LogP contribution in [0.1, 0.15) is 24.2 Å². The number of rotatable bonds is 6. The molecule has 3 aromatic carbocycles. The lowest BCUT2D eigenvalue weighted by atomic mass is 10.1. The van der Waals surface area contributed by atoms with Gasteiger partial charge in [-0.25, -0.2) is 5.01 Å². The maximum Gasteiger partial charge on any atom is 0.198 e. The van der Waals surface area contributed by atoms with Crippen molar-refractivity contribution in [3.63, 3.8) is 0 Å². The van der Waals surface area contributed by atoms with E-state index in [4.69, 9.17) is 26.2 Å². The second kappa shape index (κ2) is 10.2. The molecule has 1 fully saturated rings. The molecular weight excluding hydrogens is 476 g/mol. The number of anilines is 3. The number of methoxy groups -OCH3 is 1. The van der Waals surface area contributed by atoms with Gasteiger partial charge in [-0.05, 0) is 43.3 Å². The van der Waals surface area contributed by atoms with Gasteiger partial charge in [0.15, 0.2) is 17.8 Å². The highest BCUT2D eigenvalue weighted by atomic mass is 35.5. The van der Waals surface area contributed by atoms with Crippen molar-refractivity contribution in [1.29, 1.82) is 0 Å². The molecule has 7 nitrogen and oxygen atoms in total. The fraction of sp³-hybridized carbons (Fsp3) is 0.286. The Kier molecular flexibility index (Phi) is 6.85. The van der Waals surface area contributed by atoms with Crippen molar-refractivity contribution in [1.82, 2.24) is 0 Å². The Balaban J connectivity index is 1.64. The van der Waals surface area contributed by atoms with Crippen LogP contribution in [0, 0.1) is 6.92 Å². The van der Waals surface area contributed by atoms with Crippen LogP contribution in [0.25, 0.3) is 0 Å². The van der Waals surface area contributed by atoms with E-state index in [9.17, 15) is 4.79 Å². The second-order valence-corrected chi connectivity index (χ2v) is 9.29. The summed E-state index contributed by atoms with van der Waals surface area (Å²) in [6.45, 7) is 6.49. The lowest BCUT2D eigenvalue weighted by molar-refractivity contribution is -0.111. The molecule has 0 radical (unpaired) electrons. The van der Waals surface area contributed by atoms with Gasteiger partial charge in [-0.3, -0.25) is 9.69 Å². The van der Waals surface area contributed by atoms with Crippen molar-refractivity contribution in [3.05, 3.63) is 82.9 Å². The summed E-state index contributed by atoms with van der Waals surface area (Å²) < 4.78 is 11.2. The van der Waals surface area contributed by atoms with Crippen LogP contribution in [0.3, 0.4) is 0 Å². The maximum atomic E-state index is 12.9. The molecule has 2 aliphatic rings. The van der Waals surface area contributed by atoms with Gasteiger partial charge in [0.05, 0.1) is 36.7 Å². The van der Waals surface area contributed by atoms with Gasteiger partial charge in [0, 0.05) is 31.3 Å². The zero-order chi connectivity index (χ0) is 25.2. The quantitative estimate of drug-likeness (QED) is 0.446. The highest BCUT2D eigenvalue weighted by Gasteiger charge is 2.40. The largest absolute Gasteiger partial charge is 0.496 e. The van der Waals surface area contributed by atoms with Gasteiger partial charge >= 0.3 is 0 Å². The van der Waals surface area contributed by atoms with E-state index in [1.807, 2.05) is 83.6 Å². The molecule has 3 aromatic rings. The van der Waals surface area contributed by atoms with E-state index in [2.05, 4.69) is 4.90 Å². The van der Waals surface area contributed by atoms with Crippen LogP contribution in [-0.2, 0) is 9.53 Å². The fourth-order valence-electron chi connectivity index (χ4n) is 4.69. The summed E-state index contributed by atoms with van der Waals surface area (Å²) >= 11 is 6.82.